The lowest BCUT2D eigenvalue weighted by Gasteiger charge is -2.38. The SMILES string of the molecule is NC(Br)(CC1CCCCC1)C1CCCCC1. The maximum atomic E-state index is 6.54. The third kappa shape index (κ3) is 3.46. The van der Waals surface area contributed by atoms with Crippen molar-refractivity contribution < 1.29 is 0 Å². The van der Waals surface area contributed by atoms with Gasteiger partial charge in [0.05, 0.1) is 4.45 Å². The number of rotatable bonds is 3. The van der Waals surface area contributed by atoms with Crippen molar-refractivity contribution in [2.24, 2.45) is 17.6 Å². The monoisotopic (exact) mass is 287 g/mol. The molecule has 2 aliphatic carbocycles. The second-order valence-electron chi connectivity index (χ2n) is 5.97. The van der Waals surface area contributed by atoms with Crippen LogP contribution in [-0.4, -0.2) is 4.45 Å². The highest BCUT2D eigenvalue weighted by Crippen LogP contribution is 2.41. The van der Waals surface area contributed by atoms with Crippen molar-refractivity contribution in [2.75, 3.05) is 0 Å². The van der Waals surface area contributed by atoms with Gasteiger partial charge < -0.3 is 5.73 Å². The predicted octanol–water partition coefficient (Wildman–Crippen LogP) is 4.59. The molecule has 0 amide bonds. The van der Waals surface area contributed by atoms with E-state index < -0.39 is 0 Å². The van der Waals surface area contributed by atoms with Crippen LogP contribution in [0.3, 0.4) is 0 Å². The fourth-order valence-corrected chi connectivity index (χ4v) is 4.50. The van der Waals surface area contributed by atoms with Gasteiger partial charge in [0.25, 0.3) is 0 Å². The fraction of sp³-hybridized carbons (Fsp3) is 1.00. The van der Waals surface area contributed by atoms with Crippen LogP contribution in [0.2, 0.25) is 0 Å². The molecule has 0 saturated heterocycles. The van der Waals surface area contributed by atoms with Gasteiger partial charge in [-0.15, -0.1) is 0 Å². The molecular weight excluding hydrogens is 262 g/mol. The summed E-state index contributed by atoms with van der Waals surface area (Å²) in [5.74, 6) is 1.61. The summed E-state index contributed by atoms with van der Waals surface area (Å²) >= 11 is 3.86. The summed E-state index contributed by atoms with van der Waals surface area (Å²) in [6, 6.07) is 0. The molecule has 2 saturated carbocycles. The van der Waals surface area contributed by atoms with E-state index in [-0.39, 0.29) is 4.45 Å². The van der Waals surface area contributed by atoms with Crippen molar-refractivity contribution in [3.8, 4) is 0 Å². The van der Waals surface area contributed by atoms with Crippen LogP contribution in [0.4, 0.5) is 0 Å². The molecule has 2 rings (SSSR count). The molecule has 0 aromatic rings. The Morgan fingerprint density at radius 3 is 1.94 bits per heavy atom. The van der Waals surface area contributed by atoms with Crippen LogP contribution in [0.1, 0.15) is 70.6 Å². The van der Waals surface area contributed by atoms with Gasteiger partial charge in [-0.3, -0.25) is 0 Å². The standard InChI is InChI=1S/C14H26BrN/c15-14(16,13-9-5-2-6-10-13)11-12-7-3-1-4-8-12/h12-13H,1-11,16H2. The van der Waals surface area contributed by atoms with E-state index in [0.29, 0.717) is 0 Å². The average molecular weight is 288 g/mol. The second kappa shape index (κ2) is 5.86. The topological polar surface area (TPSA) is 26.0 Å². The summed E-state index contributed by atoms with van der Waals surface area (Å²) in [6.45, 7) is 0. The Kier molecular flexibility index (Phi) is 4.72. The molecule has 2 N–H and O–H groups in total. The minimum absolute atomic E-state index is 0.0601. The first-order valence-corrected chi connectivity index (χ1v) is 7.95. The van der Waals surface area contributed by atoms with Gasteiger partial charge in [-0.1, -0.05) is 67.3 Å². The van der Waals surface area contributed by atoms with Gasteiger partial charge >= 0.3 is 0 Å². The van der Waals surface area contributed by atoms with E-state index in [0.717, 1.165) is 11.8 Å². The van der Waals surface area contributed by atoms with Crippen molar-refractivity contribution in [3.05, 3.63) is 0 Å². The molecular formula is C14H26BrN. The molecule has 0 radical (unpaired) electrons. The lowest BCUT2D eigenvalue weighted by molar-refractivity contribution is 0.225. The highest BCUT2D eigenvalue weighted by molar-refractivity contribution is 9.10. The van der Waals surface area contributed by atoms with Gasteiger partial charge in [0, 0.05) is 0 Å². The largest absolute Gasteiger partial charge is 0.316 e. The molecule has 0 bridgehead atoms. The Bertz CT molecular complexity index is 203. The molecule has 2 fully saturated rings. The van der Waals surface area contributed by atoms with Crippen molar-refractivity contribution in [2.45, 2.75) is 75.1 Å². The van der Waals surface area contributed by atoms with Gasteiger partial charge in [0.15, 0.2) is 0 Å². The van der Waals surface area contributed by atoms with Crippen LogP contribution >= 0.6 is 15.9 Å². The normalized spacial score (nSPS) is 28.9. The van der Waals surface area contributed by atoms with Gasteiger partial charge in [-0.05, 0) is 31.1 Å². The first-order chi connectivity index (χ1) is 7.68. The third-order valence-corrected chi connectivity index (χ3v) is 5.58. The average Bonchev–Trinajstić information content (AvgIpc) is 2.31. The smallest absolute Gasteiger partial charge is 0.0748 e. The van der Waals surface area contributed by atoms with E-state index in [1.54, 1.807) is 0 Å². The lowest BCUT2D eigenvalue weighted by Crippen LogP contribution is -2.43. The Balaban J connectivity index is 1.84. The minimum atomic E-state index is -0.0601. The first kappa shape index (κ1) is 12.9. The molecule has 1 atom stereocenters. The maximum absolute atomic E-state index is 6.54. The van der Waals surface area contributed by atoms with Gasteiger partial charge in [-0.25, -0.2) is 0 Å². The summed E-state index contributed by atoms with van der Waals surface area (Å²) in [6.07, 6.45) is 15.2. The maximum Gasteiger partial charge on any atom is 0.0748 e. The third-order valence-electron chi connectivity index (χ3n) is 4.61. The summed E-state index contributed by atoms with van der Waals surface area (Å²) in [5, 5.41) is 0. The molecule has 0 heterocycles. The molecule has 0 aromatic heterocycles. The second-order valence-corrected chi connectivity index (χ2v) is 7.45. The van der Waals surface area contributed by atoms with Gasteiger partial charge in [-0.2, -0.15) is 0 Å². The molecule has 0 aromatic carbocycles. The van der Waals surface area contributed by atoms with Crippen LogP contribution < -0.4 is 5.73 Å². The molecule has 94 valence electrons. The van der Waals surface area contributed by atoms with Crippen molar-refractivity contribution in [1.29, 1.82) is 0 Å². The molecule has 1 nitrogen and oxygen atoms in total. The van der Waals surface area contributed by atoms with E-state index in [9.17, 15) is 0 Å². The minimum Gasteiger partial charge on any atom is -0.316 e. The van der Waals surface area contributed by atoms with Crippen molar-refractivity contribution in [1.82, 2.24) is 0 Å². The van der Waals surface area contributed by atoms with E-state index in [4.69, 9.17) is 5.73 Å². The number of nitrogens with two attached hydrogens (primary N) is 1. The van der Waals surface area contributed by atoms with Gasteiger partial charge in [0.1, 0.15) is 0 Å². The summed E-state index contributed by atoms with van der Waals surface area (Å²) in [7, 11) is 0. The van der Waals surface area contributed by atoms with Crippen LogP contribution in [0.15, 0.2) is 0 Å². The molecule has 0 aliphatic heterocycles. The summed E-state index contributed by atoms with van der Waals surface area (Å²) in [5.41, 5.74) is 6.54. The van der Waals surface area contributed by atoms with Crippen LogP contribution in [0.5, 0.6) is 0 Å². The zero-order chi connectivity index (χ0) is 11.4. The summed E-state index contributed by atoms with van der Waals surface area (Å²) < 4.78 is -0.0601. The first-order valence-electron chi connectivity index (χ1n) is 7.16. The zero-order valence-electron chi connectivity index (χ0n) is 10.4. The van der Waals surface area contributed by atoms with Crippen LogP contribution in [0, 0.1) is 11.8 Å². The highest BCUT2D eigenvalue weighted by atomic mass is 79.9. The van der Waals surface area contributed by atoms with Crippen molar-refractivity contribution >= 4 is 15.9 Å². The van der Waals surface area contributed by atoms with E-state index in [1.807, 2.05) is 0 Å². The molecule has 0 spiro atoms. The van der Waals surface area contributed by atoms with Crippen molar-refractivity contribution in [3.63, 3.8) is 0 Å². The van der Waals surface area contributed by atoms with E-state index in [2.05, 4.69) is 15.9 Å². The number of hydrogen-bond donors (Lipinski definition) is 1. The Morgan fingerprint density at radius 2 is 1.38 bits per heavy atom. The van der Waals surface area contributed by atoms with E-state index >= 15 is 0 Å². The quantitative estimate of drug-likeness (QED) is 0.596. The fourth-order valence-electron chi connectivity index (χ4n) is 3.58. The molecule has 2 aliphatic rings. The van der Waals surface area contributed by atoms with Gasteiger partial charge in [0.2, 0.25) is 0 Å². The summed E-state index contributed by atoms with van der Waals surface area (Å²) in [4.78, 5) is 0. The predicted molar refractivity (Wildman–Crippen MR) is 73.6 cm³/mol. The molecule has 2 heteroatoms. The Morgan fingerprint density at radius 1 is 0.875 bits per heavy atom. The zero-order valence-corrected chi connectivity index (χ0v) is 12.0. The Labute approximate surface area is 109 Å². The molecule has 16 heavy (non-hydrogen) atoms. The van der Waals surface area contributed by atoms with E-state index in [1.165, 1.54) is 70.6 Å². The van der Waals surface area contributed by atoms with Crippen LogP contribution in [-0.2, 0) is 0 Å². The van der Waals surface area contributed by atoms with Crippen LogP contribution in [0.25, 0.3) is 0 Å². The number of halogens is 1. The number of hydrogen-bond acceptors (Lipinski definition) is 1. The highest BCUT2D eigenvalue weighted by Gasteiger charge is 2.35. The number of alkyl halides is 1. The lowest BCUT2D eigenvalue weighted by atomic mass is 9.77. The molecule has 1 unspecified atom stereocenters. The Hall–Kier alpha value is 0.440.